The van der Waals surface area contributed by atoms with Crippen LogP contribution in [0.1, 0.15) is 36.5 Å². The molecule has 2 aromatic rings. The Labute approximate surface area is 143 Å². The highest BCUT2D eigenvalue weighted by molar-refractivity contribution is 5.77. The minimum Gasteiger partial charge on any atom is -0.508 e. The van der Waals surface area contributed by atoms with Crippen LogP contribution < -0.4 is 4.74 Å². The predicted molar refractivity (Wildman–Crippen MR) is 95.3 cm³/mol. The number of carbonyl (C=O) groups is 1. The lowest BCUT2D eigenvalue weighted by molar-refractivity contribution is -0.132. The van der Waals surface area contributed by atoms with Crippen LogP contribution in [0, 0.1) is 6.92 Å². The van der Waals surface area contributed by atoms with Gasteiger partial charge in [0.05, 0.1) is 0 Å². The summed E-state index contributed by atoms with van der Waals surface area (Å²) in [5.41, 5.74) is 3.09. The average molecular weight is 327 g/mol. The average Bonchev–Trinajstić information content (AvgIpc) is 2.52. The third-order valence-electron chi connectivity index (χ3n) is 3.90. The third kappa shape index (κ3) is 4.75. The van der Waals surface area contributed by atoms with Gasteiger partial charge in [-0.3, -0.25) is 4.79 Å². The smallest absolute Gasteiger partial charge is 0.260 e. The van der Waals surface area contributed by atoms with Crippen molar-refractivity contribution in [1.82, 2.24) is 4.90 Å². The van der Waals surface area contributed by atoms with Gasteiger partial charge in [-0.05, 0) is 47.7 Å². The van der Waals surface area contributed by atoms with E-state index < -0.39 is 0 Å². The number of rotatable bonds is 6. The predicted octanol–water partition coefficient (Wildman–Crippen LogP) is 3.86. The fourth-order valence-corrected chi connectivity index (χ4v) is 2.51. The maximum Gasteiger partial charge on any atom is 0.260 e. The van der Waals surface area contributed by atoms with E-state index in [1.54, 1.807) is 30.1 Å². The number of hydrogen-bond donors (Lipinski definition) is 1. The van der Waals surface area contributed by atoms with Crippen molar-refractivity contribution >= 4 is 5.91 Å². The maximum absolute atomic E-state index is 12.3. The summed E-state index contributed by atoms with van der Waals surface area (Å²) in [5, 5.41) is 9.50. The Hall–Kier alpha value is -2.49. The summed E-state index contributed by atoms with van der Waals surface area (Å²) < 4.78 is 5.78. The zero-order chi connectivity index (χ0) is 17.7. The van der Waals surface area contributed by atoms with Crippen LogP contribution in [-0.4, -0.2) is 29.6 Å². The first-order valence-electron chi connectivity index (χ1n) is 8.12. The number of ether oxygens (including phenoxy) is 1. The molecular weight excluding hydrogens is 302 g/mol. The summed E-state index contributed by atoms with van der Waals surface area (Å²) >= 11 is 0. The number of carbonyl (C=O) groups excluding carboxylic acids is 1. The van der Waals surface area contributed by atoms with Crippen LogP contribution in [0.25, 0.3) is 0 Å². The number of phenolic OH excluding ortho intramolecular Hbond substituents is 1. The molecule has 0 atom stereocenters. The summed E-state index contributed by atoms with van der Waals surface area (Å²) in [6.07, 6.45) is 0. The van der Waals surface area contributed by atoms with E-state index in [0.29, 0.717) is 12.5 Å². The van der Waals surface area contributed by atoms with Crippen molar-refractivity contribution in [3.8, 4) is 11.5 Å². The topological polar surface area (TPSA) is 49.8 Å². The first kappa shape index (κ1) is 17.9. The lowest BCUT2D eigenvalue weighted by Gasteiger charge is -2.19. The first-order chi connectivity index (χ1) is 11.4. The molecule has 24 heavy (non-hydrogen) atoms. The van der Waals surface area contributed by atoms with Gasteiger partial charge in [0.1, 0.15) is 11.5 Å². The fraction of sp³-hybridized carbons (Fsp3) is 0.350. The molecule has 0 unspecified atom stereocenters. The number of phenols is 1. The summed E-state index contributed by atoms with van der Waals surface area (Å²) in [7, 11) is 1.73. The molecule has 0 heterocycles. The van der Waals surface area contributed by atoms with Gasteiger partial charge in [-0.2, -0.15) is 0 Å². The van der Waals surface area contributed by atoms with Crippen LogP contribution in [-0.2, 0) is 11.3 Å². The van der Waals surface area contributed by atoms with Gasteiger partial charge in [0, 0.05) is 13.6 Å². The highest BCUT2D eigenvalue weighted by atomic mass is 16.5. The van der Waals surface area contributed by atoms with Crippen molar-refractivity contribution in [2.75, 3.05) is 13.7 Å². The van der Waals surface area contributed by atoms with Crippen molar-refractivity contribution < 1.29 is 14.6 Å². The number of likely N-dealkylation sites (N-methyl/N-ethyl adjacent to an activating group) is 1. The molecule has 0 aliphatic rings. The van der Waals surface area contributed by atoms with E-state index in [1.165, 1.54) is 0 Å². The van der Waals surface area contributed by atoms with E-state index in [2.05, 4.69) is 26.0 Å². The van der Waals surface area contributed by atoms with E-state index in [1.807, 2.05) is 19.1 Å². The summed E-state index contributed by atoms with van der Waals surface area (Å²) in [6, 6.07) is 13.0. The molecule has 4 nitrogen and oxygen atoms in total. The van der Waals surface area contributed by atoms with Gasteiger partial charge < -0.3 is 14.7 Å². The Morgan fingerprint density at radius 3 is 2.62 bits per heavy atom. The number of nitrogens with zero attached hydrogens (tertiary/aromatic N) is 1. The van der Waals surface area contributed by atoms with Crippen LogP contribution in [0.2, 0.25) is 0 Å². The van der Waals surface area contributed by atoms with Crippen molar-refractivity contribution in [3.05, 3.63) is 59.2 Å². The van der Waals surface area contributed by atoms with Crippen LogP contribution in [0.4, 0.5) is 0 Å². The molecule has 0 bridgehead atoms. The van der Waals surface area contributed by atoms with E-state index in [-0.39, 0.29) is 18.3 Å². The number of benzene rings is 2. The monoisotopic (exact) mass is 327 g/mol. The summed E-state index contributed by atoms with van der Waals surface area (Å²) in [4.78, 5) is 13.9. The molecule has 0 fully saturated rings. The standard InChI is InChI=1S/C20H25NO3/c1-14(2)18-9-8-15(3)10-19(18)24-13-20(23)21(4)12-16-6-5-7-17(22)11-16/h5-11,14,22H,12-13H2,1-4H3. The second-order valence-electron chi connectivity index (χ2n) is 6.40. The largest absolute Gasteiger partial charge is 0.508 e. The lowest BCUT2D eigenvalue weighted by atomic mass is 10.0. The lowest BCUT2D eigenvalue weighted by Crippen LogP contribution is -2.31. The third-order valence-corrected chi connectivity index (χ3v) is 3.90. The van der Waals surface area contributed by atoms with Gasteiger partial charge >= 0.3 is 0 Å². The Morgan fingerprint density at radius 1 is 1.21 bits per heavy atom. The molecule has 4 heteroatoms. The molecule has 2 aromatic carbocycles. The fourth-order valence-electron chi connectivity index (χ4n) is 2.51. The Morgan fingerprint density at radius 2 is 1.96 bits per heavy atom. The minimum absolute atomic E-state index is 0.00150. The Bertz CT molecular complexity index is 710. The van der Waals surface area contributed by atoms with Gasteiger partial charge in [0.25, 0.3) is 5.91 Å². The Balaban J connectivity index is 1.99. The second kappa shape index (κ2) is 7.86. The molecule has 0 saturated heterocycles. The molecule has 0 aliphatic heterocycles. The molecule has 1 amide bonds. The zero-order valence-electron chi connectivity index (χ0n) is 14.7. The second-order valence-corrected chi connectivity index (χ2v) is 6.40. The molecule has 0 aromatic heterocycles. The van der Waals surface area contributed by atoms with Gasteiger partial charge in [0.15, 0.2) is 6.61 Å². The van der Waals surface area contributed by atoms with Crippen LogP contribution >= 0.6 is 0 Å². The highest BCUT2D eigenvalue weighted by Crippen LogP contribution is 2.27. The summed E-state index contributed by atoms with van der Waals surface area (Å²) in [5.74, 6) is 1.20. The Kier molecular flexibility index (Phi) is 5.85. The molecule has 0 spiro atoms. The van der Waals surface area contributed by atoms with Crippen molar-refractivity contribution in [1.29, 1.82) is 0 Å². The maximum atomic E-state index is 12.3. The molecule has 2 rings (SSSR count). The van der Waals surface area contributed by atoms with Gasteiger partial charge in [-0.15, -0.1) is 0 Å². The zero-order valence-corrected chi connectivity index (χ0v) is 14.7. The normalized spacial score (nSPS) is 10.7. The van der Waals surface area contributed by atoms with Crippen LogP contribution in [0.15, 0.2) is 42.5 Å². The van der Waals surface area contributed by atoms with Crippen molar-refractivity contribution in [2.45, 2.75) is 33.2 Å². The van der Waals surface area contributed by atoms with E-state index in [4.69, 9.17) is 4.74 Å². The van der Waals surface area contributed by atoms with Gasteiger partial charge in [-0.25, -0.2) is 0 Å². The number of amides is 1. The molecule has 0 aliphatic carbocycles. The van der Waals surface area contributed by atoms with E-state index >= 15 is 0 Å². The number of aromatic hydroxyl groups is 1. The van der Waals surface area contributed by atoms with E-state index in [0.717, 1.165) is 22.4 Å². The molecule has 0 radical (unpaired) electrons. The number of hydrogen-bond acceptors (Lipinski definition) is 3. The van der Waals surface area contributed by atoms with Crippen molar-refractivity contribution in [3.63, 3.8) is 0 Å². The molecule has 128 valence electrons. The first-order valence-corrected chi connectivity index (χ1v) is 8.12. The van der Waals surface area contributed by atoms with Gasteiger partial charge in [-0.1, -0.05) is 38.1 Å². The van der Waals surface area contributed by atoms with Gasteiger partial charge in [0.2, 0.25) is 0 Å². The molecular formula is C20H25NO3. The highest BCUT2D eigenvalue weighted by Gasteiger charge is 2.13. The van der Waals surface area contributed by atoms with Crippen molar-refractivity contribution in [2.24, 2.45) is 0 Å². The molecule has 1 N–H and O–H groups in total. The quantitative estimate of drug-likeness (QED) is 0.876. The van der Waals surface area contributed by atoms with E-state index in [9.17, 15) is 9.90 Å². The SMILES string of the molecule is Cc1ccc(C(C)C)c(OCC(=O)N(C)Cc2cccc(O)c2)c1. The number of aryl methyl sites for hydroxylation is 1. The van der Waals surface area contributed by atoms with Crippen LogP contribution in [0.5, 0.6) is 11.5 Å². The summed E-state index contributed by atoms with van der Waals surface area (Å²) in [6.45, 7) is 6.65. The molecule has 0 saturated carbocycles. The minimum atomic E-state index is -0.102. The van der Waals surface area contributed by atoms with Crippen LogP contribution in [0.3, 0.4) is 0 Å².